The highest BCUT2D eigenvalue weighted by atomic mass is 32.2. The maximum absolute atomic E-state index is 12.5. The highest BCUT2D eigenvalue weighted by Crippen LogP contribution is 2.18. The first kappa shape index (κ1) is 17.2. The lowest BCUT2D eigenvalue weighted by Gasteiger charge is -2.25. The smallest absolute Gasteiger partial charge is 0.323 e. The Morgan fingerprint density at radius 3 is 2.29 bits per heavy atom. The van der Waals surface area contributed by atoms with Crippen molar-refractivity contribution in [2.24, 2.45) is 0 Å². The second kappa shape index (κ2) is 6.26. The highest BCUT2D eigenvalue weighted by molar-refractivity contribution is 7.90. The van der Waals surface area contributed by atoms with Gasteiger partial charge in [-0.1, -0.05) is 6.07 Å². The van der Waals surface area contributed by atoms with E-state index in [9.17, 15) is 18.0 Å². The first-order valence-corrected chi connectivity index (χ1v) is 8.26. The minimum Gasteiger partial charge on any atom is -0.480 e. The fourth-order valence-electron chi connectivity index (χ4n) is 1.85. The number of amides is 1. The maximum atomic E-state index is 12.5. The minimum absolute atomic E-state index is 0.0375. The van der Waals surface area contributed by atoms with Gasteiger partial charge in [-0.25, -0.2) is 8.42 Å². The molecule has 1 aromatic rings. The Balaban J connectivity index is 3.30. The van der Waals surface area contributed by atoms with Gasteiger partial charge in [-0.2, -0.15) is 0 Å². The second-order valence-corrected chi connectivity index (χ2v) is 7.19. The van der Waals surface area contributed by atoms with Crippen LogP contribution in [-0.4, -0.2) is 49.1 Å². The number of benzene rings is 1. The van der Waals surface area contributed by atoms with E-state index in [0.29, 0.717) is 5.56 Å². The van der Waals surface area contributed by atoms with Gasteiger partial charge in [-0.05, 0) is 38.5 Å². The number of aryl methyl sites for hydroxylation is 1. The Kier molecular flexibility index (Phi) is 5.11. The number of hydrogen-bond acceptors (Lipinski definition) is 4. The summed E-state index contributed by atoms with van der Waals surface area (Å²) < 4.78 is 23.2. The van der Waals surface area contributed by atoms with Crippen LogP contribution in [0.3, 0.4) is 0 Å². The van der Waals surface area contributed by atoms with Crippen molar-refractivity contribution in [2.45, 2.75) is 31.7 Å². The standard InChI is InChI=1S/C14H19NO5S/c1-9(2)15(8-13(16)17)14(18)12-7-11(21(4,19)20)6-5-10(12)3/h5-7,9H,8H2,1-4H3,(H,16,17). The molecule has 6 nitrogen and oxygen atoms in total. The molecule has 0 aliphatic rings. The summed E-state index contributed by atoms with van der Waals surface area (Å²) in [5.74, 6) is -1.61. The van der Waals surface area contributed by atoms with Crippen LogP contribution in [0.15, 0.2) is 23.1 Å². The van der Waals surface area contributed by atoms with E-state index in [0.717, 1.165) is 6.26 Å². The van der Waals surface area contributed by atoms with E-state index in [2.05, 4.69) is 0 Å². The zero-order valence-electron chi connectivity index (χ0n) is 12.5. The zero-order valence-corrected chi connectivity index (χ0v) is 13.3. The lowest BCUT2D eigenvalue weighted by Crippen LogP contribution is -2.41. The van der Waals surface area contributed by atoms with Crippen LogP contribution >= 0.6 is 0 Å². The molecule has 0 fully saturated rings. The van der Waals surface area contributed by atoms with Crippen molar-refractivity contribution in [3.05, 3.63) is 29.3 Å². The van der Waals surface area contributed by atoms with E-state index in [1.807, 2.05) is 0 Å². The molecule has 0 atom stereocenters. The van der Waals surface area contributed by atoms with Crippen molar-refractivity contribution in [1.29, 1.82) is 0 Å². The van der Waals surface area contributed by atoms with Crippen molar-refractivity contribution in [2.75, 3.05) is 12.8 Å². The average molecular weight is 313 g/mol. The van der Waals surface area contributed by atoms with Crippen LogP contribution in [0, 0.1) is 6.92 Å². The number of carbonyl (C=O) groups excluding carboxylic acids is 1. The quantitative estimate of drug-likeness (QED) is 0.885. The third-order valence-electron chi connectivity index (χ3n) is 3.06. The maximum Gasteiger partial charge on any atom is 0.323 e. The number of hydrogen-bond donors (Lipinski definition) is 1. The van der Waals surface area contributed by atoms with Gasteiger partial charge >= 0.3 is 5.97 Å². The van der Waals surface area contributed by atoms with E-state index in [-0.39, 0.29) is 16.5 Å². The fraction of sp³-hybridized carbons (Fsp3) is 0.429. The zero-order chi connectivity index (χ0) is 16.4. The minimum atomic E-state index is -3.43. The molecule has 1 rings (SSSR count). The third-order valence-corrected chi connectivity index (χ3v) is 4.17. The Labute approximate surface area is 124 Å². The van der Waals surface area contributed by atoms with E-state index in [4.69, 9.17) is 5.11 Å². The molecule has 0 heterocycles. The Bertz CT molecular complexity index is 664. The number of aliphatic carboxylic acids is 1. The van der Waals surface area contributed by atoms with E-state index in [1.54, 1.807) is 26.8 Å². The topological polar surface area (TPSA) is 91.8 Å². The molecule has 0 saturated carbocycles. The molecule has 1 amide bonds. The molecule has 0 aromatic heterocycles. The SMILES string of the molecule is Cc1ccc(S(C)(=O)=O)cc1C(=O)N(CC(=O)O)C(C)C. The largest absolute Gasteiger partial charge is 0.480 e. The molecule has 116 valence electrons. The monoisotopic (exact) mass is 313 g/mol. The van der Waals surface area contributed by atoms with Crippen LogP contribution in [-0.2, 0) is 14.6 Å². The van der Waals surface area contributed by atoms with Gasteiger partial charge < -0.3 is 10.0 Å². The van der Waals surface area contributed by atoms with E-state index in [1.165, 1.54) is 17.0 Å². The summed E-state index contributed by atoms with van der Waals surface area (Å²) in [6, 6.07) is 3.96. The Morgan fingerprint density at radius 2 is 1.86 bits per heavy atom. The van der Waals surface area contributed by atoms with Gasteiger partial charge in [-0.3, -0.25) is 9.59 Å². The van der Waals surface area contributed by atoms with Crippen molar-refractivity contribution < 1.29 is 23.1 Å². The van der Waals surface area contributed by atoms with Crippen LogP contribution in [0.2, 0.25) is 0 Å². The summed E-state index contributed by atoms with van der Waals surface area (Å²) in [5.41, 5.74) is 0.802. The lowest BCUT2D eigenvalue weighted by atomic mass is 10.1. The van der Waals surface area contributed by atoms with Crippen molar-refractivity contribution >= 4 is 21.7 Å². The van der Waals surface area contributed by atoms with Crippen LogP contribution in [0.25, 0.3) is 0 Å². The number of carboxylic acids is 1. The molecule has 0 aliphatic heterocycles. The normalized spacial score (nSPS) is 11.5. The van der Waals surface area contributed by atoms with Crippen molar-refractivity contribution in [3.8, 4) is 0 Å². The van der Waals surface area contributed by atoms with Crippen molar-refractivity contribution in [1.82, 2.24) is 4.90 Å². The molecular weight excluding hydrogens is 294 g/mol. The number of carboxylic acid groups (broad SMARTS) is 1. The van der Waals surface area contributed by atoms with Gasteiger partial charge in [0.2, 0.25) is 0 Å². The molecular formula is C14H19NO5S. The summed E-state index contributed by atoms with van der Waals surface area (Å²) in [6.07, 6.45) is 1.06. The molecule has 0 radical (unpaired) electrons. The van der Waals surface area contributed by atoms with E-state index < -0.39 is 28.3 Å². The number of carbonyl (C=O) groups is 2. The number of rotatable bonds is 5. The van der Waals surface area contributed by atoms with Gasteiger partial charge in [0, 0.05) is 17.9 Å². The van der Waals surface area contributed by atoms with Gasteiger partial charge in [0.05, 0.1) is 4.90 Å². The fourth-order valence-corrected chi connectivity index (χ4v) is 2.50. The summed E-state index contributed by atoms with van der Waals surface area (Å²) in [5, 5.41) is 8.89. The van der Waals surface area contributed by atoms with Crippen molar-refractivity contribution in [3.63, 3.8) is 0 Å². The lowest BCUT2D eigenvalue weighted by molar-refractivity contribution is -0.138. The van der Waals surface area contributed by atoms with E-state index >= 15 is 0 Å². The summed E-state index contributed by atoms with van der Waals surface area (Å²) in [7, 11) is -3.43. The first-order chi connectivity index (χ1) is 9.54. The summed E-state index contributed by atoms with van der Waals surface area (Å²) >= 11 is 0. The molecule has 0 aliphatic carbocycles. The second-order valence-electron chi connectivity index (χ2n) is 5.17. The molecule has 1 N–H and O–H groups in total. The molecule has 1 aromatic carbocycles. The van der Waals surface area contributed by atoms with Crippen LogP contribution < -0.4 is 0 Å². The van der Waals surface area contributed by atoms with Gasteiger partial charge in [0.15, 0.2) is 9.84 Å². The summed E-state index contributed by atoms with van der Waals surface area (Å²) in [4.78, 5) is 24.6. The predicted molar refractivity (Wildman–Crippen MR) is 78.1 cm³/mol. The third kappa shape index (κ3) is 4.29. The van der Waals surface area contributed by atoms with Gasteiger partial charge in [-0.15, -0.1) is 0 Å². The van der Waals surface area contributed by atoms with Gasteiger partial charge in [0.1, 0.15) is 6.54 Å². The van der Waals surface area contributed by atoms with Gasteiger partial charge in [0.25, 0.3) is 5.91 Å². The Morgan fingerprint density at radius 1 is 1.29 bits per heavy atom. The Hall–Kier alpha value is -1.89. The number of nitrogens with zero attached hydrogens (tertiary/aromatic N) is 1. The molecule has 0 saturated heterocycles. The summed E-state index contributed by atoms with van der Waals surface area (Å²) in [6.45, 7) is 4.66. The van der Waals surface area contributed by atoms with Crippen LogP contribution in [0.5, 0.6) is 0 Å². The van der Waals surface area contributed by atoms with Crippen LogP contribution in [0.1, 0.15) is 29.8 Å². The highest BCUT2D eigenvalue weighted by Gasteiger charge is 2.23. The molecule has 0 unspecified atom stereocenters. The molecule has 0 bridgehead atoms. The first-order valence-electron chi connectivity index (χ1n) is 6.37. The molecule has 7 heteroatoms. The predicted octanol–water partition coefficient (Wildman–Crippen LogP) is 1.33. The molecule has 21 heavy (non-hydrogen) atoms. The average Bonchev–Trinajstić information content (AvgIpc) is 2.33. The number of sulfone groups is 1. The molecule has 0 spiro atoms. The van der Waals surface area contributed by atoms with Crippen LogP contribution in [0.4, 0.5) is 0 Å².